The Balaban J connectivity index is 1.20. The van der Waals surface area contributed by atoms with Crippen LogP contribution in [0.3, 0.4) is 0 Å². The van der Waals surface area contributed by atoms with Crippen molar-refractivity contribution in [3.8, 4) is 34.0 Å². The number of nitrogens with one attached hydrogen (secondary N) is 2. The Morgan fingerprint density at radius 1 is 0.947 bits per heavy atom. The third-order valence-electron chi connectivity index (χ3n) is 7.37. The van der Waals surface area contributed by atoms with Gasteiger partial charge >= 0.3 is 0 Å². The van der Waals surface area contributed by atoms with E-state index in [9.17, 15) is 0 Å². The lowest BCUT2D eigenvalue weighted by Crippen LogP contribution is -2.25. The summed E-state index contributed by atoms with van der Waals surface area (Å²) in [6.07, 6.45) is 10.1. The van der Waals surface area contributed by atoms with Crippen molar-refractivity contribution >= 4 is 21.8 Å². The molecule has 0 spiro atoms. The van der Waals surface area contributed by atoms with Gasteiger partial charge in [-0.15, -0.1) is 0 Å². The van der Waals surface area contributed by atoms with Crippen LogP contribution in [0.15, 0.2) is 73.4 Å². The maximum absolute atomic E-state index is 6.04. The number of fused-ring (bicyclic) bond motifs is 2. The average molecular weight is 504 g/mol. The SMILES string of the molecule is Cc1cn(-c2cccc3[nH]c(-c4n[nH]c5ccc(-c6cncc(OCCN7CCCC7)c6)cc45)cc23)cn1. The lowest BCUT2D eigenvalue weighted by Gasteiger charge is -2.15. The van der Waals surface area contributed by atoms with Gasteiger partial charge in [0.15, 0.2) is 0 Å². The molecule has 1 fully saturated rings. The minimum Gasteiger partial charge on any atom is -0.491 e. The molecule has 4 aromatic heterocycles. The second kappa shape index (κ2) is 9.46. The highest BCUT2D eigenvalue weighted by atomic mass is 16.5. The first kappa shape index (κ1) is 22.7. The number of hydrogen-bond donors (Lipinski definition) is 2. The van der Waals surface area contributed by atoms with Crippen molar-refractivity contribution in [1.29, 1.82) is 0 Å². The Hall–Kier alpha value is -4.43. The van der Waals surface area contributed by atoms with Crippen LogP contribution in [0.25, 0.3) is 50.0 Å². The van der Waals surface area contributed by atoms with Crippen LogP contribution in [0.5, 0.6) is 5.75 Å². The topological polar surface area (TPSA) is 87.6 Å². The predicted molar refractivity (Wildman–Crippen MR) is 150 cm³/mol. The molecule has 6 aromatic rings. The van der Waals surface area contributed by atoms with E-state index in [1.165, 1.54) is 25.9 Å². The van der Waals surface area contributed by atoms with Gasteiger partial charge in [0.1, 0.15) is 18.1 Å². The van der Waals surface area contributed by atoms with E-state index in [2.05, 4.69) is 83.1 Å². The minimum atomic E-state index is 0.678. The number of pyridine rings is 1. The Bertz CT molecular complexity index is 1740. The Morgan fingerprint density at radius 3 is 2.74 bits per heavy atom. The number of hydrogen-bond acceptors (Lipinski definition) is 5. The highest BCUT2D eigenvalue weighted by molar-refractivity contribution is 5.99. The second-order valence-electron chi connectivity index (χ2n) is 9.98. The van der Waals surface area contributed by atoms with Crippen LogP contribution in [0.2, 0.25) is 0 Å². The maximum Gasteiger partial charge on any atom is 0.138 e. The standard InChI is InChI=1S/C30H29N7O/c1-20-18-37(19-32-20)29-6-4-5-26-24(29)15-28(33-26)30-25-14-21(7-8-27(25)34-35-30)22-13-23(17-31-16-22)38-12-11-36-9-2-3-10-36/h4-8,13-19,33H,2-3,9-12H2,1H3,(H,34,35). The number of H-pyrrole nitrogens is 2. The number of imidazole rings is 1. The van der Waals surface area contributed by atoms with Gasteiger partial charge in [0.25, 0.3) is 0 Å². The highest BCUT2D eigenvalue weighted by Gasteiger charge is 2.15. The molecular formula is C30H29N7O. The molecule has 0 amide bonds. The number of ether oxygens (including phenoxy) is 1. The first-order chi connectivity index (χ1) is 18.7. The number of aromatic amines is 2. The first-order valence-electron chi connectivity index (χ1n) is 13.1. The van der Waals surface area contributed by atoms with Crippen molar-refractivity contribution in [3.63, 3.8) is 0 Å². The molecule has 1 aliphatic rings. The zero-order valence-electron chi connectivity index (χ0n) is 21.3. The molecule has 190 valence electrons. The number of aryl methyl sites for hydroxylation is 1. The van der Waals surface area contributed by atoms with Gasteiger partial charge < -0.3 is 14.3 Å². The predicted octanol–water partition coefficient (Wildman–Crippen LogP) is 5.74. The molecule has 0 saturated carbocycles. The summed E-state index contributed by atoms with van der Waals surface area (Å²) < 4.78 is 8.10. The fourth-order valence-electron chi connectivity index (χ4n) is 5.40. The molecule has 2 N–H and O–H groups in total. The van der Waals surface area contributed by atoms with E-state index in [1.54, 1.807) is 6.20 Å². The summed E-state index contributed by atoms with van der Waals surface area (Å²) in [5.74, 6) is 0.798. The molecule has 1 saturated heterocycles. The van der Waals surface area contributed by atoms with Crippen molar-refractivity contribution in [2.75, 3.05) is 26.2 Å². The third kappa shape index (κ3) is 4.22. The molecule has 7 rings (SSSR count). The highest BCUT2D eigenvalue weighted by Crippen LogP contribution is 2.34. The van der Waals surface area contributed by atoms with Gasteiger partial charge in [-0.1, -0.05) is 12.1 Å². The number of likely N-dealkylation sites (tertiary alicyclic amines) is 1. The number of nitrogens with zero attached hydrogens (tertiary/aromatic N) is 5. The number of aromatic nitrogens is 6. The van der Waals surface area contributed by atoms with Crippen LogP contribution < -0.4 is 4.74 Å². The van der Waals surface area contributed by atoms with Crippen molar-refractivity contribution < 1.29 is 4.74 Å². The van der Waals surface area contributed by atoms with Crippen LogP contribution in [0.1, 0.15) is 18.5 Å². The average Bonchev–Trinajstić information content (AvgIpc) is 3.74. The van der Waals surface area contributed by atoms with Crippen LogP contribution in [0.4, 0.5) is 0 Å². The molecule has 0 aliphatic carbocycles. The maximum atomic E-state index is 6.04. The summed E-state index contributed by atoms with van der Waals surface area (Å²) >= 11 is 0. The largest absolute Gasteiger partial charge is 0.491 e. The fourth-order valence-corrected chi connectivity index (χ4v) is 5.40. The van der Waals surface area contributed by atoms with Gasteiger partial charge in [-0.05, 0) is 74.8 Å². The molecular weight excluding hydrogens is 474 g/mol. The van der Waals surface area contributed by atoms with E-state index in [4.69, 9.17) is 4.74 Å². The lowest BCUT2D eigenvalue weighted by molar-refractivity contribution is 0.237. The van der Waals surface area contributed by atoms with Crippen molar-refractivity contribution in [2.45, 2.75) is 19.8 Å². The minimum absolute atomic E-state index is 0.678. The molecule has 0 unspecified atom stereocenters. The molecule has 1 aliphatic heterocycles. The molecule has 0 atom stereocenters. The molecule has 38 heavy (non-hydrogen) atoms. The van der Waals surface area contributed by atoms with Crippen molar-refractivity contribution in [3.05, 3.63) is 79.1 Å². The van der Waals surface area contributed by atoms with Crippen LogP contribution >= 0.6 is 0 Å². The quantitative estimate of drug-likeness (QED) is 0.290. The van der Waals surface area contributed by atoms with Gasteiger partial charge in [-0.2, -0.15) is 5.10 Å². The third-order valence-corrected chi connectivity index (χ3v) is 7.37. The summed E-state index contributed by atoms with van der Waals surface area (Å²) in [4.78, 5) is 14.9. The molecule has 2 aromatic carbocycles. The first-order valence-corrected chi connectivity index (χ1v) is 13.1. The van der Waals surface area contributed by atoms with Gasteiger partial charge in [0.2, 0.25) is 0 Å². The van der Waals surface area contributed by atoms with Gasteiger partial charge in [-0.3, -0.25) is 15.0 Å². The molecule has 8 nitrogen and oxygen atoms in total. The van der Waals surface area contributed by atoms with E-state index >= 15 is 0 Å². The van der Waals surface area contributed by atoms with Crippen molar-refractivity contribution in [2.24, 2.45) is 0 Å². The normalized spacial score (nSPS) is 14.1. The molecule has 8 heteroatoms. The van der Waals surface area contributed by atoms with Gasteiger partial charge in [0.05, 0.1) is 35.1 Å². The van der Waals surface area contributed by atoms with Gasteiger partial charge in [0, 0.05) is 40.8 Å². The summed E-state index contributed by atoms with van der Waals surface area (Å²) in [5.41, 5.74) is 8.05. The number of benzene rings is 2. The van der Waals surface area contributed by atoms with Crippen LogP contribution in [-0.4, -0.2) is 60.9 Å². The van der Waals surface area contributed by atoms with E-state index < -0.39 is 0 Å². The molecule has 5 heterocycles. The Kier molecular flexibility index (Phi) is 5.66. The number of rotatable bonds is 7. The molecule has 0 radical (unpaired) electrons. The second-order valence-corrected chi connectivity index (χ2v) is 9.98. The summed E-state index contributed by atoms with van der Waals surface area (Å²) in [6, 6.07) is 16.8. The van der Waals surface area contributed by atoms with Gasteiger partial charge in [-0.25, -0.2) is 4.98 Å². The van der Waals surface area contributed by atoms with E-state index in [0.717, 1.165) is 68.0 Å². The van der Waals surface area contributed by atoms with E-state index in [1.807, 2.05) is 25.6 Å². The molecule has 0 bridgehead atoms. The monoisotopic (exact) mass is 503 g/mol. The zero-order valence-corrected chi connectivity index (χ0v) is 21.3. The van der Waals surface area contributed by atoms with Crippen LogP contribution in [-0.2, 0) is 0 Å². The smallest absolute Gasteiger partial charge is 0.138 e. The Labute approximate surface area is 220 Å². The van der Waals surface area contributed by atoms with E-state index in [-0.39, 0.29) is 0 Å². The lowest BCUT2D eigenvalue weighted by atomic mass is 10.0. The summed E-state index contributed by atoms with van der Waals surface area (Å²) in [5, 5.41) is 10.0. The fraction of sp³-hybridized carbons (Fsp3) is 0.233. The van der Waals surface area contributed by atoms with E-state index in [0.29, 0.717) is 6.61 Å². The summed E-state index contributed by atoms with van der Waals surface area (Å²) in [6.45, 7) is 5.99. The van der Waals surface area contributed by atoms with Crippen LogP contribution in [0, 0.1) is 6.92 Å². The van der Waals surface area contributed by atoms with Crippen molar-refractivity contribution in [1.82, 2.24) is 34.6 Å². The zero-order chi connectivity index (χ0) is 25.5. The summed E-state index contributed by atoms with van der Waals surface area (Å²) in [7, 11) is 0. The Morgan fingerprint density at radius 2 is 1.87 bits per heavy atom.